The number of nitrogens with one attached hydrogen (secondary N) is 1. The summed E-state index contributed by atoms with van der Waals surface area (Å²) in [5.41, 5.74) is 6.04. The van der Waals surface area contributed by atoms with Crippen LogP contribution in [0.4, 0.5) is 0 Å². The van der Waals surface area contributed by atoms with Crippen LogP contribution in [0.25, 0.3) is 0 Å². The van der Waals surface area contributed by atoms with Gasteiger partial charge in [0, 0.05) is 25.2 Å². The highest BCUT2D eigenvalue weighted by Crippen LogP contribution is 2.19. The molecule has 3 N–H and O–H groups in total. The van der Waals surface area contributed by atoms with Gasteiger partial charge in [-0.25, -0.2) is 0 Å². The number of amides is 1. The molecular formula is C15H29N3O. The molecule has 110 valence electrons. The molecular weight excluding hydrogens is 238 g/mol. The molecule has 1 saturated heterocycles. The normalized spacial score (nSPS) is 31.9. The van der Waals surface area contributed by atoms with Gasteiger partial charge in [0.1, 0.15) is 0 Å². The molecule has 2 rings (SSSR count). The third-order valence-corrected chi connectivity index (χ3v) is 4.88. The summed E-state index contributed by atoms with van der Waals surface area (Å²) in [5.74, 6) is 0.688. The number of likely N-dealkylation sites (tertiary alicyclic amines) is 1. The highest BCUT2D eigenvalue weighted by molar-refractivity contribution is 5.81. The van der Waals surface area contributed by atoms with Gasteiger partial charge < -0.3 is 11.1 Å². The van der Waals surface area contributed by atoms with Crippen LogP contribution in [-0.4, -0.2) is 42.0 Å². The largest absolute Gasteiger partial charge is 0.352 e. The standard InChI is InChI=1S/C15H29N3O/c1-11-10-18(9-8-14(11)16)12(2)15(19)17-13-6-4-3-5-7-13/h11-14H,3-10,16H2,1-2H3,(H,17,19). The van der Waals surface area contributed by atoms with E-state index in [-0.39, 0.29) is 11.9 Å². The molecule has 2 aliphatic rings. The zero-order chi connectivity index (χ0) is 13.8. The van der Waals surface area contributed by atoms with Crippen LogP contribution in [0, 0.1) is 5.92 Å². The number of carbonyl (C=O) groups excluding carboxylic acids is 1. The summed E-state index contributed by atoms with van der Waals surface area (Å²) >= 11 is 0. The van der Waals surface area contributed by atoms with Crippen LogP contribution in [0.15, 0.2) is 0 Å². The van der Waals surface area contributed by atoms with Crippen LogP contribution in [0.1, 0.15) is 52.4 Å². The topological polar surface area (TPSA) is 58.4 Å². The highest BCUT2D eigenvalue weighted by Gasteiger charge is 2.30. The van der Waals surface area contributed by atoms with Crippen LogP contribution in [-0.2, 0) is 4.79 Å². The molecule has 19 heavy (non-hydrogen) atoms. The predicted octanol–water partition coefficient (Wildman–Crippen LogP) is 1.49. The third kappa shape index (κ3) is 3.93. The first-order valence-corrected chi connectivity index (χ1v) is 7.88. The average molecular weight is 267 g/mol. The number of hydrogen-bond donors (Lipinski definition) is 2. The van der Waals surface area contributed by atoms with E-state index in [4.69, 9.17) is 5.73 Å². The Kier molecular flexibility index (Phi) is 5.22. The first kappa shape index (κ1) is 14.8. The first-order valence-electron chi connectivity index (χ1n) is 7.88. The summed E-state index contributed by atoms with van der Waals surface area (Å²) < 4.78 is 0. The first-order chi connectivity index (χ1) is 9.08. The number of rotatable bonds is 3. The van der Waals surface area contributed by atoms with Crippen LogP contribution >= 0.6 is 0 Å². The molecule has 0 aromatic rings. The number of piperidine rings is 1. The molecule has 1 saturated carbocycles. The fourth-order valence-corrected chi connectivity index (χ4v) is 3.28. The Morgan fingerprint density at radius 1 is 1.26 bits per heavy atom. The van der Waals surface area contributed by atoms with Gasteiger partial charge in [-0.1, -0.05) is 26.2 Å². The van der Waals surface area contributed by atoms with E-state index in [1.54, 1.807) is 0 Å². The maximum Gasteiger partial charge on any atom is 0.237 e. The Labute approximate surface area is 117 Å². The number of hydrogen-bond acceptors (Lipinski definition) is 3. The summed E-state index contributed by atoms with van der Waals surface area (Å²) in [6, 6.07) is 0.690. The lowest BCUT2D eigenvalue weighted by molar-refractivity contribution is -0.127. The summed E-state index contributed by atoms with van der Waals surface area (Å²) in [5, 5.41) is 3.23. The molecule has 1 aliphatic carbocycles. The van der Waals surface area contributed by atoms with Crippen molar-refractivity contribution >= 4 is 5.91 Å². The summed E-state index contributed by atoms with van der Waals surface area (Å²) in [6.45, 7) is 6.11. The molecule has 0 aromatic heterocycles. The fraction of sp³-hybridized carbons (Fsp3) is 0.933. The second-order valence-electron chi connectivity index (χ2n) is 6.44. The van der Waals surface area contributed by atoms with Crippen molar-refractivity contribution in [1.82, 2.24) is 10.2 Å². The smallest absolute Gasteiger partial charge is 0.237 e. The van der Waals surface area contributed by atoms with Crippen LogP contribution in [0.2, 0.25) is 0 Å². The van der Waals surface area contributed by atoms with Crippen LogP contribution < -0.4 is 11.1 Å². The molecule has 3 unspecified atom stereocenters. The fourth-order valence-electron chi connectivity index (χ4n) is 3.28. The molecule has 0 aromatic carbocycles. The van der Waals surface area contributed by atoms with Crippen molar-refractivity contribution in [2.24, 2.45) is 11.7 Å². The molecule has 0 bridgehead atoms. The highest BCUT2D eigenvalue weighted by atomic mass is 16.2. The van der Waals surface area contributed by atoms with E-state index >= 15 is 0 Å². The van der Waals surface area contributed by atoms with E-state index in [2.05, 4.69) is 17.1 Å². The molecule has 2 fully saturated rings. The van der Waals surface area contributed by atoms with Gasteiger partial charge in [0.25, 0.3) is 0 Å². The summed E-state index contributed by atoms with van der Waals surface area (Å²) in [4.78, 5) is 14.6. The lowest BCUT2D eigenvalue weighted by atomic mass is 9.93. The van der Waals surface area contributed by atoms with Gasteiger partial charge in [0.2, 0.25) is 5.91 Å². The van der Waals surface area contributed by atoms with Gasteiger partial charge in [-0.05, 0) is 32.1 Å². The van der Waals surface area contributed by atoms with Gasteiger partial charge in [0.05, 0.1) is 6.04 Å². The lowest BCUT2D eigenvalue weighted by Crippen LogP contribution is -2.54. The minimum atomic E-state index is -0.0168. The monoisotopic (exact) mass is 267 g/mol. The Hall–Kier alpha value is -0.610. The van der Waals surface area contributed by atoms with Crippen molar-refractivity contribution in [1.29, 1.82) is 0 Å². The Balaban J connectivity index is 1.81. The van der Waals surface area contributed by atoms with E-state index in [0.29, 0.717) is 18.0 Å². The zero-order valence-electron chi connectivity index (χ0n) is 12.4. The quantitative estimate of drug-likeness (QED) is 0.814. The van der Waals surface area contributed by atoms with Gasteiger partial charge >= 0.3 is 0 Å². The molecule has 4 heteroatoms. The molecule has 0 radical (unpaired) electrons. The Morgan fingerprint density at radius 3 is 2.58 bits per heavy atom. The van der Waals surface area contributed by atoms with E-state index in [1.807, 2.05) is 6.92 Å². The summed E-state index contributed by atoms with van der Waals surface area (Å²) in [6.07, 6.45) is 7.15. The van der Waals surface area contributed by atoms with Crippen molar-refractivity contribution < 1.29 is 4.79 Å². The average Bonchev–Trinajstić information content (AvgIpc) is 2.42. The predicted molar refractivity (Wildman–Crippen MR) is 77.8 cm³/mol. The number of nitrogens with zero attached hydrogens (tertiary/aromatic N) is 1. The third-order valence-electron chi connectivity index (χ3n) is 4.88. The lowest BCUT2D eigenvalue weighted by Gasteiger charge is -2.38. The van der Waals surface area contributed by atoms with Gasteiger partial charge in [0.15, 0.2) is 0 Å². The minimum absolute atomic E-state index is 0.0168. The van der Waals surface area contributed by atoms with E-state index in [9.17, 15) is 4.79 Å². The molecule has 3 atom stereocenters. The van der Waals surface area contributed by atoms with Crippen molar-refractivity contribution in [2.75, 3.05) is 13.1 Å². The number of carbonyl (C=O) groups is 1. The molecule has 1 heterocycles. The van der Waals surface area contributed by atoms with Gasteiger partial charge in [-0.2, -0.15) is 0 Å². The molecule has 1 aliphatic heterocycles. The molecule has 0 spiro atoms. The molecule has 4 nitrogen and oxygen atoms in total. The van der Waals surface area contributed by atoms with Crippen molar-refractivity contribution in [2.45, 2.75) is 70.5 Å². The van der Waals surface area contributed by atoms with Crippen LogP contribution in [0.5, 0.6) is 0 Å². The maximum absolute atomic E-state index is 12.3. The summed E-state index contributed by atoms with van der Waals surface area (Å²) in [7, 11) is 0. The van der Waals surface area contributed by atoms with Crippen molar-refractivity contribution in [3.8, 4) is 0 Å². The van der Waals surface area contributed by atoms with Crippen molar-refractivity contribution in [3.05, 3.63) is 0 Å². The maximum atomic E-state index is 12.3. The van der Waals surface area contributed by atoms with E-state index in [1.165, 1.54) is 19.3 Å². The second kappa shape index (κ2) is 6.71. The Bertz CT molecular complexity index is 302. The zero-order valence-corrected chi connectivity index (χ0v) is 12.4. The van der Waals surface area contributed by atoms with Gasteiger partial charge in [-0.3, -0.25) is 9.69 Å². The van der Waals surface area contributed by atoms with E-state index in [0.717, 1.165) is 32.4 Å². The van der Waals surface area contributed by atoms with Gasteiger partial charge in [-0.15, -0.1) is 0 Å². The SMILES string of the molecule is CC1CN(C(C)C(=O)NC2CCCCC2)CCC1N. The minimum Gasteiger partial charge on any atom is -0.352 e. The molecule has 1 amide bonds. The second-order valence-corrected chi connectivity index (χ2v) is 6.44. The van der Waals surface area contributed by atoms with E-state index < -0.39 is 0 Å². The Morgan fingerprint density at radius 2 is 1.95 bits per heavy atom. The van der Waals surface area contributed by atoms with Crippen molar-refractivity contribution in [3.63, 3.8) is 0 Å². The van der Waals surface area contributed by atoms with Crippen LogP contribution in [0.3, 0.4) is 0 Å². The number of nitrogens with two attached hydrogens (primary N) is 1.